The Hall–Kier alpha value is -3.01. The number of unbranched alkanes of at least 4 members (excludes halogenated alkanes) is 1. The van der Waals surface area contributed by atoms with Gasteiger partial charge in [-0.3, -0.25) is 14.4 Å². The van der Waals surface area contributed by atoms with Crippen molar-refractivity contribution in [2.24, 2.45) is 0 Å². The lowest BCUT2D eigenvalue weighted by Crippen LogP contribution is -2.64. The number of rotatable bonds is 10. The predicted octanol–water partition coefficient (Wildman–Crippen LogP) is 2.43. The third-order valence-electron chi connectivity index (χ3n) is 6.82. The van der Waals surface area contributed by atoms with Crippen molar-refractivity contribution in [2.45, 2.75) is 76.4 Å². The summed E-state index contributed by atoms with van der Waals surface area (Å²) < 4.78 is 18.7. The fraction of sp³-hybridized carbons (Fsp3) is 0.615. The smallest absolute Gasteiger partial charge is 0.318 e. The topological polar surface area (TPSA) is 117 Å². The summed E-state index contributed by atoms with van der Waals surface area (Å²) in [6.07, 6.45) is 5.18. The largest absolute Gasteiger partial charge is 0.378 e. The number of carbonyl (C=O) groups is 4. The van der Waals surface area contributed by atoms with E-state index in [0.717, 1.165) is 25.7 Å². The Morgan fingerprint density at radius 1 is 1.11 bits per heavy atom. The predicted molar refractivity (Wildman–Crippen MR) is 131 cm³/mol. The molecule has 2 fully saturated rings. The number of Topliss-reactive ketones (excluding diaryl/α,β-unsaturated/α-hetero) is 1. The fourth-order valence-corrected chi connectivity index (χ4v) is 4.66. The lowest BCUT2D eigenvalue weighted by molar-refractivity contribution is -0.141. The van der Waals surface area contributed by atoms with Gasteiger partial charge in [0, 0.05) is 19.6 Å². The Labute approximate surface area is 211 Å². The molecule has 0 spiro atoms. The molecule has 1 unspecified atom stereocenters. The van der Waals surface area contributed by atoms with Gasteiger partial charge in [0.25, 0.3) is 5.91 Å². The van der Waals surface area contributed by atoms with Crippen molar-refractivity contribution in [3.8, 4) is 0 Å². The maximum absolute atomic E-state index is 13.6. The number of amides is 4. The van der Waals surface area contributed by atoms with E-state index in [1.165, 1.54) is 18.2 Å². The number of nitrogens with one attached hydrogen (secondary N) is 3. The van der Waals surface area contributed by atoms with Gasteiger partial charge in [-0.1, -0.05) is 51.2 Å². The normalized spacial score (nSPS) is 18.1. The first kappa shape index (κ1) is 27.6. The summed E-state index contributed by atoms with van der Waals surface area (Å²) in [5.74, 6) is -2.45. The first-order chi connectivity index (χ1) is 17.3. The van der Waals surface area contributed by atoms with Crippen LogP contribution in [0, 0.1) is 5.82 Å². The quantitative estimate of drug-likeness (QED) is 0.423. The molecule has 198 valence electrons. The average molecular weight is 505 g/mol. The minimum atomic E-state index is -1.13. The Morgan fingerprint density at radius 3 is 2.50 bits per heavy atom. The van der Waals surface area contributed by atoms with Crippen LogP contribution in [0.3, 0.4) is 0 Å². The van der Waals surface area contributed by atoms with Crippen LogP contribution in [0.2, 0.25) is 0 Å². The molecular weight excluding hydrogens is 467 g/mol. The second-order valence-corrected chi connectivity index (χ2v) is 9.52. The molecule has 1 aromatic carbocycles. The van der Waals surface area contributed by atoms with Crippen LogP contribution < -0.4 is 16.0 Å². The monoisotopic (exact) mass is 504 g/mol. The van der Waals surface area contributed by atoms with Crippen molar-refractivity contribution in [3.63, 3.8) is 0 Å². The first-order valence-corrected chi connectivity index (χ1v) is 12.9. The minimum absolute atomic E-state index is 0.00365. The van der Waals surface area contributed by atoms with Gasteiger partial charge in [0.05, 0.1) is 19.3 Å². The van der Waals surface area contributed by atoms with Gasteiger partial charge in [-0.2, -0.15) is 0 Å². The van der Waals surface area contributed by atoms with Crippen molar-refractivity contribution >= 4 is 23.6 Å². The van der Waals surface area contributed by atoms with Gasteiger partial charge in [0.2, 0.25) is 11.7 Å². The van der Waals surface area contributed by atoms with Gasteiger partial charge in [-0.05, 0) is 37.0 Å². The van der Waals surface area contributed by atoms with Crippen LogP contribution in [-0.4, -0.2) is 66.4 Å². The molecule has 1 aliphatic heterocycles. The number of morpholine rings is 1. The maximum atomic E-state index is 13.6. The highest BCUT2D eigenvalue weighted by atomic mass is 19.1. The van der Waals surface area contributed by atoms with E-state index in [1.807, 2.05) is 6.92 Å². The highest BCUT2D eigenvalue weighted by Gasteiger charge is 2.43. The number of nitrogens with zero attached hydrogens (tertiary/aromatic N) is 1. The van der Waals surface area contributed by atoms with E-state index in [-0.39, 0.29) is 12.6 Å². The van der Waals surface area contributed by atoms with Gasteiger partial charge in [0.1, 0.15) is 11.4 Å². The van der Waals surface area contributed by atoms with Crippen LogP contribution in [-0.2, 0) is 25.7 Å². The van der Waals surface area contributed by atoms with Crippen molar-refractivity contribution in [1.82, 2.24) is 20.9 Å². The van der Waals surface area contributed by atoms with Crippen molar-refractivity contribution in [2.75, 3.05) is 26.3 Å². The van der Waals surface area contributed by atoms with E-state index in [2.05, 4.69) is 16.0 Å². The molecule has 1 aromatic rings. The van der Waals surface area contributed by atoms with E-state index < -0.39 is 35.0 Å². The van der Waals surface area contributed by atoms with Crippen molar-refractivity contribution in [1.29, 1.82) is 0 Å². The van der Waals surface area contributed by atoms with E-state index in [4.69, 9.17) is 4.74 Å². The molecule has 0 aromatic heterocycles. The summed E-state index contributed by atoms with van der Waals surface area (Å²) in [5.41, 5.74) is -0.603. The molecule has 1 saturated heterocycles. The molecule has 1 heterocycles. The highest BCUT2D eigenvalue weighted by molar-refractivity contribution is 6.38. The van der Waals surface area contributed by atoms with E-state index in [0.29, 0.717) is 57.6 Å². The van der Waals surface area contributed by atoms with Crippen LogP contribution in [0.25, 0.3) is 0 Å². The number of ether oxygens (including phenoxy) is 1. The molecule has 9 nitrogen and oxygen atoms in total. The average Bonchev–Trinajstić information content (AvgIpc) is 2.90. The summed E-state index contributed by atoms with van der Waals surface area (Å²) in [4.78, 5) is 53.8. The molecule has 10 heteroatoms. The van der Waals surface area contributed by atoms with Gasteiger partial charge >= 0.3 is 6.03 Å². The Morgan fingerprint density at radius 2 is 1.83 bits per heavy atom. The third-order valence-corrected chi connectivity index (χ3v) is 6.82. The van der Waals surface area contributed by atoms with E-state index >= 15 is 0 Å². The van der Waals surface area contributed by atoms with E-state index in [1.54, 1.807) is 11.0 Å². The van der Waals surface area contributed by atoms with Crippen LogP contribution in [0.1, 0.15) is 63.9 Å². The number of carbonyl (C=O) groups excluding carboxylic acids is 4. The molecule has 0 bridgehead atoms. The zero-order valence-corrected chi connectivity index (χ0v) is 20.9. The number of halogens is 1. The number of ketones is 1. The van der Waals surface area contributed by atoms with Crippen LogP contribution >= 0.6 is 0 Å². The van der Waals surface area contributed by atoms with Gasteiger partial charge in [0.15, 0.2) is 0 Å². The lowest BCUT2D eigenvalue weighted by atomic mass is 9.80. The van der Waals surface area contributed by atoms with Crippen molar-refractivity contribution in [3.05, 3.63) is 35.6 Å². The molecule has 1 saturated carbocycles. The number of urea groups is 1. The zero-order valence-electron chi connectivity index (χ0n) is 20.9. The molecule has 2 aliphatic rings. The maximum Gasteiger partial charge on any atom is 0.318 e. The Bertz CT molecular complexity index is 929. The summed E-state index contributed by atoms with van der Waals surface area (Å²) in [7, 11) is 0. The lowest BCUT2D eigenvalue weighted by Gasteiger charge is -2.39. The molecule has 3 N–H and O–H groups in total. The van der Waals surface area contributed by atoms with E-state index in [9.17, 15) is 23.6 Å². The molecule has 3 rings (SSSR count). The molecule has 0 radical (unpaired) electrons. The zero-order chi connectivity index (χ0) is 26.0. The van der Waals surface area contributed by atoms with Gasteiger partial charge in [-0.15, -0.1) is 0 Å². The summed E-state index contributed by atoms with van der Waals surface area (Å²) in [6.45, 7) is 3.75. The summed E-state index contributed by atoms with van der Waals surface area (Å²) >= 11 is 0. The van der Waals surface area contributed by atoms with Gasteiger partial charge < -0.3 is 25.6 Å². The molecule has 36 heavy (non-hydrogen) atoms. The molecular formula is C26H37FN4O5. The summed E-state index contributed by atoms with van der Waals surface area (Å²) in [5, 5.41) is 8.27. The van der Waals surface area contributed by atoms with Crippen molar-refractivity contribution < 1.29 is 28.3 Å². The Kier molecular flexibility index (Phi) is 10.2. The highest BCUT2D eigenvalue weighted by Crippen LogP contribution is 2.29. The molecule has 4 amide bonds. The fourth-order valence-electron chi connectivity index (χ4n) is 4.66. The van der Waals surface area contributed by atoms with Crippen LogP contribution in [0.4, 0.5) is 9.18 Å². The second kappa shape index (κ2) is 13.3. The molecule has 1 aliphatic carbocycles. The molecule has 1 atom stereocenters. The van der Waals surface area contributed by atoms with Crippen LogP contribution in [0.5, 0.6) is 0 Å². The number of hydrogen-bond donors (Lipinski definition) is 3. The van der Waals surface area contributed by atoms with Crippen LogP contribution in [0.15, 0.2) is 24.3 Å². The number of hydrogen-bond acceptors (Lipinski definition) is 5. The third kappa shape index (κ3) is 7.49. The summed E-state index contributed by atoms with van der Waals surface area (Å²) in [6, 6.07) is 4.42. The number of benzene rings is 1. The minimum Gasteiger partial charge on any atom is -0.378 e. The first-order valence-electron chi connectivity index (χ1n) is 12.9. The van der Waals surface area contributed by atoms with Gasteiger partial charge in [-0.25, -0.2) is 9.18 Å². The SMILES string of the molecule is CCCCC(NC(=O)C1(NC(=O)N2CCOCC2)CCCCC1)C(=O)C(=O)NCc1cccc(F)c1. The standard InChI is InChI=1S/C26H37FN4O5/c1-2-3-10-21(22(32)23(33)28-18-19-8-7-9-20(27)17-19)29-24(34)26(11-5-4-6-12-26)30-25(35)31-13-15-36-16-14-31/h7-9,17,21H,2-6,10-16,18H2,1H3,(H,28,33)(H,29,34)(H,30,35). The second-order valence-electron chi connectivity index (χ2n) is 9.52. The Balaban J connectivity index is 1.68.